The molecule has 0 saturated carbocycles. The van der Waals surface area contributed by atoms with Gasteiger partial charge in [-0.2, -0.15) is 5.48 Å². The highest BCUT2D eigenvalue weighted by atomic mass is 16.6. The van der Waals surface area contributed by atoms with Crippen molar-refractivity contribution in [3.05, 3.63) is 0 Å². The number of hydroxylamine groups is 1. The number of rotatable bonds is 5. The maximum Gasteiger partial charge on any atom is 0.239 e. The molecule has 0 aromatic rings. The summed E-state index contributed by atoms with van der Waals surface area (Å²) in [6, 6.07) is -0.286. The van der Waals surface area contributed by atoms with E-state index in [4.69, 9.17) is 0 Å². The van der Waals surface area contributed by atoms with E-state index in [-0.39, 0.29) is 11.9 Å². The van der Waals surface area contributed by atoms with Crippen LogP contribution in [-0.2, 0) is 9.63 Å². The van der Waals surface area contributed by atoms with Gasteiger partial charge in [-0.1, -0.05) is 6.92 Å². The molecule has 1 amide bonds. The molecule has 0 aromatic carbocycles. The lowest BCUT2D eigenvalue weighted by Crippen LogP contribution is -2.41. The molecule has 0 rings (SSSR count). The highest BCUT2D eigenvalue weighted by molar-refractivity contribution is 5.81. The number of carbonyl (C=O) groups is 1. The molecule has 1 unspecified atom stereocenters. The summed E-state index contributed by atoms with van der Waals surface area (Å²) in [6.45, 7) is 4.47. The van der Waals surface area contributed by atoms with E-state index in [1.807, 2.05) is 6.92 Å². The SMILES string of the molecule is CCCNC(=O)C(C)NOC. The third kappa shape index (κ3) is 4.75. The van der Waals surface area contributed by atoms with Crippen molar-refractivity contribution in [2.75, 3.05) is 13.7 Å². The first-order valence-corrected chi connectivity index (χ1v) is 3.78. The van der Waals surface area contributed by atoms with Crippen molar-refractivity contribution in [1.29, 1.82) is 0 Å². The Morgan fingerprint density at radius 1 is 1.64 bits per heavy atom. The second kappa shape index (κ2) is 6.12. The fourth-order valence-electron chi connectivity index (χ4n) is 0.632. The molecule has 0 saturated heterocycles. The number of hydrogen-bond acceptors (Lipinski definition) is 3. The second-order valence-electron chi connectivity index (χ2n) is 2.33. The van der Waals surface area contributed by atoms with Crippen LogP contribution in [0.15, 0.2) is 0 Å². The maximum atomic E-state index is 11.0. The van der Waals surface area contributed by atoms with Gasteiger partial charge in [-0.15, -0.1) is 0 Å². The molecular weight excluding hydrogens is 144 g/mol. The van der Waals surface area contributed by atoms with Crippen LogP contribution >= 0.6 is 0 Å². The minimum absolute atomic E-state index is 0.0336. The van der Waals surface area contributed by atoms with Crippen LogP contribution in [0.1, 0.15) is 20.3 Å². The van der Waals surface area contributed by atoms with Gasteiger partial charge in [0.05, 0.1) is 7.11 Å². The molecule has 0 spiro atoms. The minimum atomic E-state index is -0.286. The molecule has 0 heterocycles. The van der Waals surface area contributed by atoms with E-state index in [2.05, 4.69) is 15.6 Å². The average molecular weight is 160 g/mol. The van der Waals surface area contributed by atoms with Crippen LogP contribution in [0.25, 0.3) is 0 Å². The molecule has 0 fully saturated rings. The predicted octanol–water partition coefficient (Wildman–Crippen LogP) is 0.0521. The van der Waals surface area contributed by atoms with Crippen LogP contribution in [0.3, 0.4) is 0 Å². The third-order valence-corrected chi connectivity index (χ3v) is 1.24. The van der Waals surface area contributed by atoms with Crippen LogP contribution in [0.4, 0.5) is 0 Å². The second-order valence-corrected chi connectivity index (χ2v) is 2.33. The molecule has 11 heavy (non-hydrogen) atoms. The zero-order valence-corrected chi connectivity index (χ0v) is 7.31. The molecule has 0 aliphatic rings. The lowest BCUT2D eigenvalue weighted by Gasteiger charge is -2.10. The first-order chi connectivity index (χ1) is 5.22. The van der Waals surface area contributed by atoms with Crippen molar-refractivity contribution in [2.24, 2.45) is 0 Å². The number of carbonyl (C=O) groups excluding carboxylic acids is 1. The third-order valence-electron chi connectivity index (χ3n) is 1.24. The summed E-state index contributed by atoms with van der Waals surface area (Å²) in [5.74, 6) is -0.0336. The van der Waals surface area contributed by atoms with Gasteiger partial charge < -0.3 is 10.2 Å². The van der Waals surface area contributed by atoms with Gasteiger partial charge in [-0.25, -0.2) is 0 Å². The summed E-state index contributed by atoms with van der Waals surface area (Å²) in [6.07, 6.45) is 0.950. The van der Waals surface area contributed by atoms with Crippen LogP contribution in [0.5, 0.6) is 0 Å². The molecule has 2 N–H and O–H groups in total. The molecular formula is C7H16N2O2. The lowest BCUT2D eigenvalue weighted by atomic mass is 10.3. The van der Waals surface area contributed by atoms with Gasteiger partial charge in [0.1, 0.15) is 6.04 Å². The van der Waals surface area contributed by atoms with Crippen molar-refractivity contribution < 1.29 is 9.63 Å². The Kier molecular flexibility index (Phi) is 5.78. The highest BCUT2D eigenvalue weighted by Crippen LogP contribution is 1.81. The van der Waals surface area contributed by atoms with Gasteiger partial charge in [-0.3, -0.25) is 4.79 Å². The van der Waals surface area contributed by atoms with Gasteiger partial charge in [0.2, 0.25) is 5.91 Å². The smallest absolute Gasteiger partial charge is 0.239 e. The lowest BCUT2D eigenvalue weighted by molar-refractivity contribution is -0.125. The molecule has 1 atom stereocenters. The fraction of sp³-hybridized carbons (Fsp3) is 0.857. The highest BCUT2D eigenvalue weighted by Gasteiger charge is 2.09. The van der Waals surface area contributed by atoms with Crippen molar-refractivity contribution in [3.8, 4) is 0 Å². The first-order valence-electron chi connectivity index (χ1n) is 3.78. The summed E-state index contributed by atoms with van der Waals surface area (Å²) in [5.41, 5.74) is 2.54. The maximum absolute atomic E-state index is 11.0. The Hall–Kier alpha value is -0.610. The van der Waals surface area contributed by atoms with Gasteiger partial charge in [-0.05, 0) is 13.3 Å². The summed E-state index contributed by atoms with van der Waals surface area (Å²) >= 11 is 0. The molecule has 4 heteroatoms. The molecule has 0 aliphatic heterocycles. The summed E-state index contributed by atoms with van der Waals surface area (Å²) in [4.78, 5) is 15.6. The molecule has 0 aliphatic carbocycles. The largest absolute Gasteiger partial charge is 0.355 e. The van der Waals surface area contributed by atoms with Gasteiger partial charge >= 0.3 is 0 Å². The Bertz CT molecular complexity index is 117. The minimum Gasteiger partial charge on any atom is -0.355 e. The molecule has 0 radical (unpaired) electrons. The van der Waals surface area contributed by atoms with Crippen molar-refractivity contribution in [2.45, 2.75) is 26.3 Å². The standard InChI is InChI=1S/C7H16N2O2/c1-4-5-8-7(10)6(2)9-11-3/h6,9H,4-5H2,1-3H3,(H,8,10). The topological polar surface area (TPSA) is 50.4 Å². The Morgan fingerprint density at radius 3 is 2.73 bits per heavy atom. The molecule has 0 bridgehead atoms. The van der Waals surface area contributed by atoms with Crippen LogP contribution < -0.4 is 10.8 Å². The quantitative estimate of drug-likeness (QED) is 0.559. The summed E-state index contributed by atoms with van der Waals surface area (Å²) in [7, 11) is 1.49. The normalized spacial score (nSPS) is 12.6. The number of nitrogens with one attached hydrogen (secondary N) is 2. The summed E-state index contributed by atoms with van der Waals surface area (Å²) < 4.78 is 0. The van der Waals surface area contributed by atoms with Gasteiger partial charge in [0.25, 0.3) is 0 Å². The molecule has 0 aromatic heterocycles. The first kappa shape index (κ1) is 10.4. The van der Waals surface area contributed by atoms with Gasteiger partial charge in [0.15, 0.2) is 0 Å². The monoisotopic (exact) mass is 160 g/mol. The van der Waals surface area contributed by atoms with Gasteiger partial charge in [0, 0.05) is 6.54 Å². The number of amides is 1. The van der Waals surface area contributed by atoms with E-state index in [9.17, 15) is 4.79 Å². The van der Waals surface area contributed by atoms with E-state index in [0.717, 1.165) is 6.42 Å². The number of hydrogen-bond donors (Lipinski definition) is 2. The Morgan fingerprint density at radius 2 is 2.27 bits per heavy atom. The Labute approximate surface area is 67.3 Å². The van der Waals surface area contributed by atoms with Crippen molar-refractivity contribution in [3.63, 3.8) is 0 Å². The van der Waals surface area contributed by atoms with E-state index in [1.54, 1.807) is 6.92 Å². The van der Waals surface area contributed by atoms with Crippen molar-refractivity contribution in [1.82, 2.24) is 10.8 Å². The Balaban J connectivity index is 3.47. The fourth-order valence-corrected chi connectivity index (χ4v) is 0.632. The van der Waals surface area contributed by atoms with E-state index in [1.165, 1.54) is 7.11 Å². The molecule has 4 nitrogen and oxygen atoms in total. The average Bonchev–Trinajstić information content (AvgIpc) is 2.00. The molecule has 66 valence electrons. The van der Waals surface area contributed by atoms with Crippen LogP contribution in [0.2, 0.25) is 0 Å². The zero-order valence-electron chi connectivity index (χ0n) is 7.31. The van der Waals surface area contributed by atoms with Crippen molar-refractivity contribution >= 4 is 5.91 Å². The summed E-state index contributed by atoms with van der Waals surface area (Å²) in [5, 5.41) is 2.74. The zero-order chi connectivity index (χ0) is 8.69. The van der Waals surface area contributed by atoms with E-state index >= 15 is 0 Å². The van der Waals surface area contributed by atoms with E-state index in [0.29, 0.717) is 6.54 Å². The van der Waals surface area contributed by atoms with E-state index < -0.39 is 0 Å². The van der Waals surface area contributed by atoms with Crippen LogP contribution in [0, 0.1) is 0 Å². The van der Waals surface area contributed by atoms with Crippen LogP contribution in [-0.4, -0.2) is 25.6 Å². The predicted molar refractivity (Wildman–Crippen MR) is 42.9 cm³/mol.